The summed E-state index contributed by atoms with van der Waals surface area (Å²) in [4.78, 5) is 5.09. The van der Waals surface area contributed by atoms with E-state index < -0.39 is 0 Å². The van der Waals surface area contributed by atoms with E-state index in [-0.39, 0.29) is 0 Å². The summed E-state index contributed by atoms with van der Waals surface area (Å²) >= 11 is 9.86. The average Bonchev–Trinajstić information content (AvgIpc) is 2.41. The lowest BCUT2D eigenvalue weighted by atomic mass is 9.99. The Labute approximate surface area is 122 Å². The van der Waals surface area contributed by atoms with Crippen molar-refractivity contribution in [1.82, 2.24) is 4.90 Å². The first-order chi connectivity index (χ1) is 8.74. The highest BCUT2D eigenvalue weighted by atomic mass is 79.9. The van der Waals surface area contributed by atoms with Crippen molar-refractivity contribution >= 4 is 33.2 Å². The predicted molar refractivity (Wildman–Crippen MR) is 80.6 cm³/mol. The zero-order chi connectivity index (χ0) is 12.5. The SMILES string of the molecule is Clc1ccc(Br)cc1N1CCN2CCCCC2C1. The Kier molecular flexibility index (Phi) is 3.83. The minimum atomic E-state index is 0.725. The Bertz CT molecular complexity index is 438. The Morgan fingerprint density at radius 1 is 1.17 bits per heavy atom. The summed E-state index contributed by atoms with van der Waals surface area (Å²) in [5, 5.41) is 0.863. The molecule has 0 radical (unpaired) electrons. The largest absolute Gasteiger partial charge is 0.367 e. The van der Waals surface area contributed by atoms with Gasteiger partial charge in [-0.05, 0) is 37.6 Å². The molecule has 0 N–H and O–H groups in total. The maximum absolute atomic E-state index is 6.33. The molecule has 3 rings (SSSR count). The maximum Gasteiger partial charge on any atom is 0.0640 e. The number of fused-ring (bicyclic) bond motifs is 1. The molecule has 1 aromatic rings. The third-order valence-electron chi connectivity index (χ3n) is 4.09. The second kappa shape index (κ2) is 5.40. The van der Waals surface area contributed by atoms with Gasteiger partial charge in [0, 0.05) is 30.1 Å². The number of nitrogens with zero attached hydrogens (tertiary/aromatic N) is 2. The molecule has 1 atom stereocenters. The van der Waals surface area contributed by atoms with Gasteiger partial charge in [-0.15, -0.1) is 0 Å². The van der Waals surface area contributed by atoms with E-state index in [9.17, 15) is 0 Å². The first kappa shape index (κ1) is 12.8. The van der Waals surface area contributed by atoms with Gasteiger partial charge in [0.25, 0.3) is 0 Å². The normalized spacial score (nSPS) is 25.0. The van der Waals surface area contributed by atoms with Crippen LogP contribution in [0, 0.1) is 0 Å². The van der Waals surface area contributed by atoms with Crippen molar-refractivity contribution in [3.8, 4) is 0 Å². The summed E-state index contributed by atoms with van der Waals surface area (Å²) in [6, 6.07) is 6.85. The van der Waals surface area contributed by atoms with Crippen LogP contribution >= 0.6 is 27.5 Å². The fourth-order valence-corrected chi connectivity index (χ4v) is 3.69. The van der Waals surface area contributed by atoms with Crippen LogP contribution in [0.2, 0.25) is 5.02 Å². The summed E-state index contributed by atoms with van der Waals surface area (Å²) in [5.41, 5.74) is 1.18. The minimum Gasteiger partial charge on any atom is -0.367 e. The van der Waals surface area contributed by atoms with E-state index in [0.717, 1.165) is 28.6 Å². The molecule has 2 heterocycles. The van der Waals surface area contributed by atoms with E-state index in [1.807, 2.05) is 12.1 Å². The maximum atomic E-state index is 6.33. The van der Waals surface area contributed by atoms with Crippen LogP contribution < -0.4 is 4.90 Å². The topological polar surface area (TPSA) is 6.48 Å². The molecule has 0 aromatic heterocycles. The lowest BCUT2D eigenvalue weighted by Crippen LogP contribution is -2.54. The Morgan fingerprint density at radius 2 is 2.06 bits per heavy atom. The van der Waals surface area contributed by atoms with Gasteiger partial charge in [0.2, 0.25) is 0 Å². The number of piperidine rings is 1. The van der Waals surface area contributed by atoms with Gasteiger partial charge >= 0.3 is 0 Å². The van der Waals surface area contributed by atoms with Crippen molar-refractivity contribution in [2.75, 3.05) is 31.1 Å². The number of anilines is 1. The van der Waals surface area contributed by atoms with E-state index in [0.29, 0.717) is 0 Å². The van der Waals surface area contributed by atoms with E-state index in [1.54, 1.807) is 0 Å². The molecule has 2 aliphatic heterocycles. The molecule has 98 valence electrons. The van der Waals surface area contributed by atoms with Crippen LogP contribution in [-0.4, -0.2) is 37.1 Å². The molecule has 0 spiro atoms. The molecule has 2 nitrogen and oxygen atoms in total. The Balaban J connectivity index is 1.79. The second-order valence-corrected chi connectivity index (χ2v) is 6.55. The number of hydrogen-bond donors (Lipinski definition) is 0. The molecule has 0 saturated carbocycles. The molecular weight excluding hydrogens is 312 g/mol. The molecular formula is C14H18BrClN2. The standard InChI is InChI=1S/C14H18BrClN2/c15-11-4-5-13(16)14(9-11)18-8-7-17-6-2-1-3-12(17)10-18/h4-5,9,12H,1-3,6-8,10H2. The van der Waals surface area contributed by atoms with Crippen LogP contribution in [0.3, 0.4) is 0 Å². The number of rotatable bonds is 1. The lowest BCUT2D eigenvalue weighted by molar-refractivity contribution is 0.133. The first-order valence-corrected chi connectivity index (χ1v) is 7.85. The van der Waals surface area contributed by atoms with Crippen LogP contribution in [0.25, 0.3) is 0 Å². The number of benzene rings is 1. The van der Waals surface area contributed by atoms with Crippen LogP contribution in [0.5, 0.6) is 0 Å². The van der Waals surface area contributed by atoms with Crippen LogP contribution in [0.4, 0.5) is 5.69 Å². The smallest absolute Gasteiger partial charge is 0.0640 e. The summed E-state index contributed by atoms with van der Waals surface area (Å²) in [5.74, 6) is 0. The highest BCUT2D eigenvalue weighted by molar-refractivity contribution is 9.10. The predicted octanol–water partition coefficient (Wildman–Crippen LogP) is 3.78. The van der Waals surface area contributed by atoms with Crippen molar-refractivity contribution in [3.63, 3.8) is 0 Å². The minimum absolute atomic E-state index is 0.725. The van der Waals surface area contributed by atoms with Gasteiger partial charge in [-0.3, -0.25) is 4.90 Å². The monoisotopic (exact) mass is 328 g/mol. The first-order valence-electron chi connectivity index (χ1n) is 6.68. The third-order valence-corrected chi connectivity index (χ3v) is 4.90. The molecule has 1 aromatic carbocycles. The summed E-state index contributed by atoms with van der Waals surface area (Å²) in [6.45, 7) is 4.67. The van der Waals surface area contributed by atoms with Crippen LogP contribution in [-0.2, 0) is 0 Å². The average molecular weight is 330 g/mol. The van der Waals surface area contributed by atoms with Crippen LogP contribution in [0.15, 0.2) is 22.7 Å². The van der Waals surface area contributed by atoms with E-state index in [1.165, 1.54) is 38.0 Å². The molecule has 0 bridgehead atoms. The fourth-order valence-electron chi connectivity index (χ4n) is 3.10. The van der Waals surface area contributed by atoms with Gasteiger partial charge in [0.15, 0.2) is 0 Å². The Hall–Kier alpha value is -0.250. The van der Waals surface area contributed by atoms with Gasteiger partial charge in [-0.2, -0.15) is 0 Å². The molecule has 2 fully saturated rings. The molecule has 2 saturated heterocycles. The summed E-state index contributed by atoms with van der Waals surface area (Å²) < 4.78 is 1.10. The molecule has 1 unspecified atom stereocenters. The van der Waals surface area contributed by atoms with Gasteiger partial charge in [-0.1, -0.05) is 34.0 Å². The number of halogens is 2. The zero-order valence-corrected chi connectivity index (χ0v) is 12.8. The summed E-state index contributed by atoms with van der Waals surface area (Å²) in [7, 11) is 0. The number of piperazine rings is 1. The van der Waals surface area contributed by atoms with Gasteiger partial charge in [0.1, 0.15) is 0 Å². The fraction of sp³-hybridized carbons (Fsp3) is 0.571. The molecule has 2 aliphatic rings. The second-order valence-electron chi connectivity index (χ2n) is 5.23. The third kappa shape index (κ3) is 2.54. The van der Waals surface area contributed by atoms with Gasteiger partial charge in [-0.25, -0.2) is 0 Å². The van der Waals surface area contributed by atoms with E-state index >= 15 is 0 Å². The highest BCUT2D eigenvalue weighted by Crippen LogP contribution is 2.32. The highest BCUT2D eigenvalue weighted by Gasteiger charge is 2.29. The lowest BCUT2D eigenvalue weighted by Gasteiger charge is -2.45. The zero-order valence-electron chi connectivity index (χ0n) is 10.4. The van der Waals surface area contributed by atoms with Crippen molar-refractivity contribution < 1.29 is 0 Å². The molecule has 0 amide bonds. The molecule has 4 heteroatoms. The van der Waals surface area contributed by atoms with E-state index in [4.69, 9.17) is 11.6 Å². The van der Waals surface area contributed by atoms with Crippen molar-refractivity contribution in [2.24, 2.45) is 0 Å². The van der Waals surface area contributed by atoms with Crippen molar-refractivity contribution in [2.45, 2.75) is 25.3 Å². The number of hydrogen-bond acceptors (Lipinski definition) is 2. The quantitative estimate of drug-likeness (QED) is 0.774. The Morgan fingerprint density at radius 3 is 2.94 bits per heavy atom. The van der Waals surface area contributed by atoms with Crippen molar-refractivity contribution in [3.05, 3.63) is 27.7 Å². The molecule has 18 heavy (non-hydrogen) atoms. The van der Waals surface area contributed by atoms with Gasteiger partial charge < -0.3 is 4.90 Å². The van der Waals surface area contributed by atoms with Gasteiger partial charge in [0.05, 0.1) is 10.7 Å². The van der Waals surface area contributed by atoms with Crippen molar-refractivity contribution in [1.29, 1.82) is 0 Å². The van der Waals surface area contributed by atoms with Crippen LogP contribution in [0.1, 0.15) is 19.3 Å². The molecule has 0 aliphatic carbocycles. The summed E-state index contributed by atoms with van der Waals surface area (Å²) in [6.07, 6.45) is 4.08. The van der Waals surface area contributed by atoms with E-state index in [2.05, 4.69) is 31.8 Å².